The zero-order valence-corrected chi connectivity index (χ0v) is 14.0. The number of nitrogens with zero attached hydrogens (tertiary/aromatic N) is 3. The summed E-state index contributed by atoms with van der Waals surface area (Å²) >= 11 is 0. The summed E-state index contributed by atoms with van der Waals surface area (Å²) in [5.74, 6) is 0.848. The molecule has 0 atom stereocenters. The number of aromatic nitrogens is 2. The summed E-state index contributed by atoms with van der Waals surface area (Å²) in [6.45, 7) is 1.33. The molecule has 0 radical (unpaired) electrons. The fourth-order valence-electron chi connectivity index (χ4n) is 2.55. The Kier molecular flexibility index (Phi) is 5.91. The Labute approximate surface area is 148 Å². The summed E-state index contributed by atoms with van der Waals surface area (Å²) in [6.07, 6.45) is 5.66. The van der Waals surface area contributed by atoms with Crippen molar-refractivity contribution in [2.24, 2.45) is 0 Å². The van der Waals surface area contributed by atoms with Gasteiger partial charge in [0.25, 0.3) is 0 Å². The summed E-state index contributed by atoms with van der Waals surface area (Å²) in [7, 11) is 0. The molecule has 25 heavy (non-hydrogen) atoms. The number of rotatable bonds is 7. The predicted molar refractivity (Wildman–Crippen MR) is 102 cm³/mol. The van der Waals surface area contributed by atoms with E-state index in [9.17, 15) is 5.11 Å². The van der Waals surface area contributed by atoms with Gasteiger partial charge in [-0.2, -0.15) is 0 Å². The highest BCUT2D eigenvalue weighted by Gasteiger charge is 2.08. The van der Waals surface area contributed by atoms with Crippen LogP contribution in [0.5, 0.6) is 0 Å². The van der Waals surface area contributed by atoms with E-state index in [1.165, 1.54) is 5.56 Å². The molecule has 4 heteroatoms. The van der Waals surface area contributed by atoms with Crippen molar-refractivity contribution < 1.29 is 5.11 Å². The zero-order valence-electron chi connectivity index (χ0n) is 14.0. The van der Waals surface area contributed by atoms with E-state index < -0.39 is 0 Å². The Hall–Kier alpha value is -2.98. The van der Waals surface area contributed by atoms with Crippen molar-refractivity contribution in [1.29, 1.82) is 0 Å². The van der Waals surface area contributed by atoms with Gasteiger partial charge in [0.1, 0.15) is 5.82 Å². The van der Waals surface area contributed by atoms with Crippen LogP contribution >= 0.6 is 0 Å². The van der Waals surface area contributed by atoms with Crippen LogP contribution in [-0.2, 0) is 6.54 Å². The third kappa shape index (κ3) is 4.99. The van der Waals surface area contributed by atoms with Crippen LogP contribution in [0.4, 0.5) is 5.82 Å². The first-order valence-corrected chi connectivity index (χ1v) is 8.31. The molecule has 4 nitrogen and oxygen atoms in total. The van der Waals surface area contributed by atoms with E-state index in [4.69, 9.17) is 4.98 Å². The molecular weight excluding hydrogens is 310 g/mol. The van der Waals surface area contributed by atoms with Crippen molar-refractivity contribution in [3.63, 3.8) is 0 Å². The molecule has 0 aliphatic carbocycles. The molecule has 0 saturated heterocycles. The molecule has 0 unspecified atom stereocenters. The lowest BCUT2D eigenvalue weighted by molar-refractivity contribution is 0.301. The van der Waals surface area contributed by atoms with Gasteiger partial charge in [-0.25, -0.2) is 4.98 Å². The second-order valence-corrected chi connectivity index (χ2v) is 5.64. The number of pyridine rings is 2. The Balaban J connectivity index is 1.79. The van der Waals surface area contributed by atoms with Gasteiger partial charge in [0.15, 0.2) is 0 Å². The van der Waals surface area contributed by atoms with Crippen molar-refractivity contribution in [1.82, 2.24) is 9.97 Å². The topological polar surface area (TPSA) is 49.2 Å². The maximum absolute atomic E-state index is 9.41. The third-order valence-electron chi connectivity index (χ3n) is 3.78. The fraction of sp³-hybridized carbons (Fsp3) is 0.143. The van der Waals surface area contributed by atoms with Gasteiger partial charge in [0, 0.05) is 19.3 Å². The summed E-state index contributed by atoms with van der Waals surface area (Å²) in [5, 5.41) is 9.41. The molecule has 1 N–H and O–H groups in total. The van der Waals surface area contributed by atoms with Gasteiger partial charge in [0.2, 0.25) is 0 Å². The van der Waals surface area contributed by atoms with Gasteiger partial charge >= 0.3 is 0 Å². The molecule has 0 spiro atoms. The summed E-state index contributed by atoms with van der Waals surface area (Å²) in [6, 6.07) is 21.9. The molecule has 3 rings (SSSR count). The Morgan fingerprint density at radius 2 is 1.60 bits per heavy atom. The lowest BCUT2D eigenvalue weighted by Crippen LogP contribution is -2.27. The number of hydrogen-bond acceptors (Lipinski definition) is 4. The van der Waals surface area contributed by atoms with Crippen LogP contribution in [0.15, 0.2) is 72.9 Å². The summed E-state index contributed by atoms with van der Waals surface area (Å²) in [5.41, 5.74) is 2.94. The van der Waals surface area contributed by atoms with Gasteiger partial charge in [0.05, 0.1) is 18.0 Å². The van der Waals surface area contributed by atoms with Crippen molar-refractivity contribution >= 4 is 18.0 Å². The monoisotopic (exact) mass is 331 g/mol. The van der Waals surface area contributed by atoms with Crippen LogP contribution in [-0.4, -0.2) is 28.2 Å². The molecule has 0 fully saturated rings. The normalized spacial score (nSPS) is 10.9. The lowest BCUT2D eigenvalue weighted by Gasteiger charge is -2.23. The van der Waals surface area contributed by atoms with Crippen LogP contribution < -0.4 is 4.90 Å². The molecule has 0 aliphatic heterocycles. The van der Waals surface area contributed by atoms with Crippen LogP contribution in [0, 0.1) is 0 Å². The van der Waals surface area contributed by atoms with Gasteiger partial charge in [-0.15, -0.1) is 0 Å². The second kappa shape index (κ2) is 8.76. The molecule has 1 aromatic carbocycles. The number of aliphatic hydroxyl groups is 1. The van der Waals surface area contributed by atoms with E-state index in [0.717, 1.165) is 17.2 Å². The van der Waals surface area contributed by atoms with Crippen LogP contribution in [0.3, 0.4) is 0 Å². The molecule has 0 amide bonds. The quantitative estimate of drug-likeness (QED) is 0.718. The van der Waals surface area contributed by atoms with Crippen molar-refractivity contribution in [3.05, 3.63) is 89.9 Å². The maximum Gasteiger partial charge on any atom is 0.129 e. The first-order valence-electron chi connectivity index (χ1n) is 8.31. The average Bonchev–Trinajstić information content (AvgIpc) is 2.68. The Morgan fingerprint density at radius 3 is 2.36 bits per heavy atom. The van der Waals surface area contributed by atoms with Crippen LogP contribution in [0.25, 0.3) is 12.2 Å². The molecule has 2 heterocycles. The van der Waals surface area contributed by atoms with E-state index in [1.807, 2.05) is 66.7 Å². The van der Waals surface area contributed by atoms with E-state index in [2.05, 4.69) is 22.0 Å². The van der Waals surface area contributed by atoms with E-state index >= 15 is 0 Å². The van der Waals surface area contributed by atoms with Gasteiger partial charge in [-0.05, 0) is 42.0 Å². The first-order chi connectivity index (χ1) is 12.3. The Bertz CT molecular complexity index is 804. The summed E-state index contributed by atoms with van der Waals surface area (Å²) < 4.78 is 0. The maximum atomic E-state index is 9.41. The average molecular weight is 331 g/mol. The molecule has 126 valence electrons. The number of benzene rings is 1. The minimum atomic E-state index is 0.0858. The zero-order chi connectivity index (χ0) is 17.3. The SMILES string of the molecule is OCCN(Cc1ccccc1)c1cccc(/C=C/c2ccccn2)n1. The largest absolute Gasteiger partial charge is 0.395 e. The molecular formula is C21H21N3O. The van der Waals surface area contributed by atoms with Crippen LogP contribution in [0.1, 0.15) is 17.0 Å². The standard InChI is InChI=1S/C21H21N3O/c25-16-15-24(17-18-7-2-1-3-8-18)21-11-6-10-20(23-21)13-12-19-9-4-5-14-22-19/h1-14,25H,15-17H2/b13-12+. The van der Waals surface area contributed by atoms with Gasteiger partial charge in [-0.3, -0.25) is 4.98 Å². The third-order valence-corrected chi connectivity index (χ3v) is 3.78. The molecule has 0 saturated carbocycles. The highest BCUT2D eigenvalue weighted by Crippen LogP contribution is 2.16. The Morgan fingerprint density at radius 1 is 0.840 bits per heavy atom. The second-order valence-electron chi connectivity index (χ2n) is 5.64. The smallest absolute Gasteiger partial charge is 0.129 e. The van der Waals surface area contributed by atoms with Crippen molar-refractivity contribution in [3.8, 4) is 0 Å². The van der Waals surface area contributed by atoms with E-state index in [0.29, 0.717) is 13.1 Å². The minimum Gasteiger partial charge on any atom is -0.395 e. The number of anilines is 1. The predicted octanol–water partition coefficient (Wildman–Crippen LogP) is 3.65. The van der Waals surface area contributed by atoms with Crippen molar-refractivity contribution in [2.75, 3.05) is 18.1 Å². The molecule has 0 aliphatic rings. The van der Waals surface area contributed by atoms with Gasteiger partial charge < -0.3 is 10.0 Å². The van der Waals surface area contributed by atoms with Crippen molar-refractivity contribution in [2.45, 2.75) is 6.54 Å². The fourth-order valence-corrected chi connectivity index (χ4v) is 2.55. The highest BCUT2D eigenvalue weighted by atomic mass is 16.3. The molecule has 3 aromatic rings. The van der Waals surface area contributed by atoms with Crippen LogP contribution in [0.2, 0.25) is 0 Å². The molecule has 2 aromatic heterocycles. The number of hydrogen-bond donors (Lipinski definition) is 1. The highest BCUT2D eigenvalue weighted by molar-refractivity contribution is 5.66. The lowest BCUT2D eigenvalue weighted by atomic mass is 10.2. The van der Waals surface area contributed by atoms with E-state index in [1.54, 1.807) is 6.20 Å². The molecule has 0 bridgehead atoms. The van der Waals surface area contributed by atoms with Gasteiger partial charge in [-0.1, -0.05) is 42.5 Å². The first kappa shape index (κ1) is 16.9. The minimum absolute atomic E-state index is 0.0858. The van der Waals surface area contributed by atoms with E-state index in [-0.39, 0.29) is 6.61 Å². The summed E-state index contributed by atoms with van der Waals surface area (Å²) in [4.78, 5) is 11.1. The number of aliphatic hydroxyl groups excluding tert-OH is 1.